The molecule has 0 atom stereocenters. The molecule has 144 valence electrons. The number of ether oxygens (including phenoxy) is 3. The molecule has 7 heteroatoms. The molecule has 27 heavy (non-hydrogen) atoms. The Morgan fingerprint density at radius 2 is 1.81 bits per heavy atom. The summed E-state index contributed by atoms with van der Waals surface area (Å²) in [5.41, 5.74) is 1.45. The second kappa shape index (κ2) is 10.5. The number of methoxy groups -OCH3 is 2. The van der Waals surface area contributed by atoms with Crippen LogP contribution >= 0.6 is 11.8 Å². The van der Waals surface area contributed by atoms with Gasteiger partial charge in [-0.05, 0) is 31.2 Å². The summed E-state index contributed by atoms with van der Waals surface area (Å²) in [5, 5.41) is 2.79. The highest BCUT2D eigenvalue weighted by atomic mass is 32.2. The molecule has 6 nitrogen and oxygen atoms in total. The molecule has 0 aliphatic carbocycles. The molecule has 0 fully saturated rings. The summed E-state index contributed by atoms with van der Waals surface area (Å²) in [5.74, 6) is 0.708. The zero-order chi connectivity index (χ0) is 19.6. The summed E-state index contributed by atoms with van der Waals surface area (Å²) in [7, 11) is 2.80. The van der Waals surface area contributed by atoms with E-state index in [-0.39, 0.29) is 23.8 Å². The van der Waals surface area contributed by atoms with Crippen LogP contribution < -0.4 is 14.8 Å². The van der Waals surface area contributed by atoms with Crippen molar-refractivity contribution in [3.63, 3.8) is 0 Å². The number of carbonyl (C=O) groups excluding carboxylic acids is 2. The van der Waals surface area contributed by atoms with Gasteiger partial charge >= 0.3 is 5.97 Å². The average molecular weight is 389 g/mol. The van der Waals surface area contributed by atoms with E-state index in [4.69, 9.17) is 14.2 Å². The molecule has 0 saturated heterocycles. The van der Waals surface area contributed by atoms with Crippen molar-refractivity contribution in [2.45, 2.75) is 11.8 Å². The van der Waals surface area contributed by atoms with Crippen LogP contribution in [0, 0.1) is 6.92 Å². The van der Waals surface area contributed by atoms with Gasteiger partial charge in [0.2, 0.25) is 0 Å². The Morgan fingerprint density at radius 1 is 1.07 bits per heavy atom. The van der Waals surface area contributed by atoms with Crippen molar-refractivity contribution in [3.8, 4) is 11.5 Å². The number of esters is 1. The van der Waals surface area contributed by atoms with Crippen molar-refractivity contribution >= 4 is 23.6 Å². The average Bonchev–Trinajstić information content (AvgIpc) is 2.70. The van der Waals surface area contributed by atoms with Crippen LogP contribution in [0.25, 0.3) is 0 Å². The van der Waals surface area contributed by atoms with E-state index in [2.05, 4.69) is 29.6 Å². The van der Waals surface area contributed by atoms with E-state index in [1.807, 2.05) is 6.92 Å². The predicted molar refractivity (Wildman–Crippen MR) is 105 cm³/mol. The molecular weight excluding hydrogens is 366 g/mol. The van der Waals surface area contributed by atoms with Crippen LogP contribution in [0.5, 0.6) is 11.5 Å². The molecule has 0 saturated carbocycles. The van der Waals surface area contributed by atoms with Crippen molar-refractivity contribution < 1.29 is 23.8 Å². The third-order valence-corrected chi connectivity index (χ3v) is 4.68. The van der Waals surface area contributed by atoms with E-state index < -0.39 is 5.97 Å². The number of hydrogen-bond donors (Lipinski definition) is 1. The maximum atomic E-state index is 12.0. The van der Waals surface area contributed by atoms with Gasteiger partial charge in [0.1, 0.15) is 17.1 Å². The second-order valence-corrected chi connectivity index (χ2v) is 6.82. The lowest BCUT2D eigenvalue weighted by Gasteiger charge is -2.12. The van der Waals surface area contributed by atoms with Gasteiger partial charge in [0, 0.05) is 23.3 Å². The largest absolute Gasteiger partial charge is 0.497 e. The highest BCUT2D eigenvalue weighted by molar-refractivity contribution is 7.99. The zero-order valence-corrected chi connectivity index (χ0v) is 16.4. The number of aryl methyl sites for hydroxylation is 1. The van der Waals surface area contributed by atoms with Crippen LogP contribution in [0.15, 0.2) is 47.4 Å². The van der Waals surface area contributed by atoms with Gasteiger partial charge in [0.25, 0.3) is 5.91 Å². The lowest BCUT2D eigenvalue weighted by molar-refractivity contribution is -0.122. The van der Waals surface area contributed by atoms with Crippen molar-refractivity contribution in [2.75, 3.05) is 33.1 Å². The lowest BCUT2D eigenvalue weighted by Crippen LogP contribution is -2.30. The summed E-state index contributed by atoms with van der Waals surface area (Å²) in [6, 6.07) is 12.9. The van der Waals surface area contributed by atoms with Crippen LogP contribution in [0.4, 0.5) is 0 Å². The van der Waals surface area contributed by atoms with E-state index in [1.165, 1.54) is 25.8 Å². The predicted octanol–water partition coefficient (Wildman–Crippen LogP) is 3.08. The fraction of sp³-hybridized carbons (Fsp3) is 0.300. The molecule has 0 bridgehead atoms. The number of nitrogens with one attached hydrogen (secondary N) is 1. The maximum Gasteiger partial charge on any atom is 0.341 e. The summed E-state index contributed by atoms with van der Waals surface area (Å²) in [4.78, 5) is 24.9. The first-order valence-corrected chi connectivity index (χ1v) is 9.37. The van der Waals surface area contributed by atoms with Crippen molar-refractivity contribution in [2.24, 2.45) is 0 Å². The van der Waals surface area contributed by atoms with Gasteiger partial charge in [-0.25, -0.2) is 4.79 Å². The number of amides is 1. The second-order valence-electron chi connectivity index (χ2n) is 5.65. The Labute approximate surface area is 163 Å². The standard InChI is InChI=1S/C20H23NO5S/c1-14-4-7-16(8-5-14)27-11-10-21-19(22)13-26-18-12-15(24-2)6-9-17(18)20(23)25-3/h4-9,12H,10-11,13H2,1-3H3,(H,21,22). The van der Waals surface area contributed by atoms with E-state index in [9.17, 15) is 9.59 Å². The van der Waals surface area contributed by atoms with Crippen LogP contribution in [0.1, 0.15) is 15.9 Å². The topological polar surface area (TPSA) is 73.9 Å². The Hall–Kier alpha value is -2.67. The van der Waals surface area contributed by atoms with E-state index >= 15 is 0 Å². The number of thioether (sulfide) groups is 1. The molecule has 0 aliphatic rings. The highest BCUT2D eigenvalue weighted by Crippen LogP contribution is 2.25. The fourth-order valence-electron chi connectivity index (χ4n) is 2.22. The Balaban J connectivity index is 1.80. The highest BCUT2D eigenvalue weighted by Gasteiger charge is 2.15. The summed E-state index contributed by atoms with van der Waals surface area (Å²) in [6.45, 7) is 2.36. The van der Waals surface area contributed by atoms with Crippen molar-refractivity contribution in [1.29, 1.82) is 0 Å². The van der Waals surface area contributed by atoms with Crippen molar-refractivity contribution in [3.05, 3.63) is 53.6 Å². The fourth-order valence-corrected chi connectivity index (χ4v) is 2.98. The van der Waals surface area contributed by atoms with Gasteiger partial charge < -0.3 is 19.5 Å². The van der Waals surface area contributed by atoms with E-state index in [0.717, 1.165) is 10.6 Å². The third kappa shape index (κ3) is 6.53. The van der Waals surface area contributed by atoms with E-state index in [1.54, 1.807) is 23.9 Å². The van der Waals surface area contributed by atoms with Crippen LogP contribution in [-0.2, 0) is 9.53 Å². The Bertz CT molecular complexity index is 776. The number of benzene rings is 2. The van der Waals surface area contributed by atoms with Gasteiger partial charge in [0.15, 0.2) is 6.61 Å². The van der Waals surface area contributed by atoms with Crippen LogP contribution in [-0.4, -0.2) is 45.0 Å². The molecule has 0 aliphatic heterocycles. The minimum Gasteiger partial charge on any atom is -0.497 e. The Kier molecular flexibility index (Phi) is 8.00. The summed E-state index contributed by atoms with van der Waals surface area (Å²) in [6.07, 6.45) is 0. The molecule has 0 radical (unpaired) electrons. The SMILES string of the molecule is COC(=O)c1ccc(OC)cc1OCC(=O)NCCSc1ccc(C)cc1. The minimum atomic E-state index is -0.539. The molecular formula is C20H23NO5S. The van der Waals surface area contributed by atoms with Gasteiger partial charge in [-0.2, -0.15) is 0 Å². The van der Waals surface area contributed by atoms with Gasteiger partial charge in [-0.3, -0.25) is 4.79 Å². The number of rotatable bonds is 9. The van der Waals surface area contributed by atoms with E-state index in [0.29, 0.717) is 12.3 Å². The van der Waals surface area contributed by atoms with Gasteiger partial charge in [-0.15, -0.1) is 11.8 Å². The van der Waals surface area contributed by atoms with Gasteiger partial charge in [-0.1, -0.05) is 17.7 Å². The first kappa shape index (κ1) is 20.6. The quantitative estimate of drug-likeness (QED) is 0.404. The molecule has 2 aromatic rings. The number of hydrogen-bond acceptors (Lipinski definition) is 6. The smallest absolute Gasteiger partial charge is 0.341 e. The third-order valence-electron chi connectivity index (χ3n) is 3.67. The molecule has 1 amide bonds. The summed E-state index contributed by atoms with van der Waals surface area (Å²) >= 11 is 1.67. The monoisotopic (exact) mass is 389 g/mol. The zero-order valence-electron chi connectivity index (χ0n) is 15.6. The molecule has 1 N–H and O–H groups in total. The molecule has 0 aromatic heterocycles. The van der Waals surface area contributed by atoms with Crippen molar-refractivity contribution in [1.82, 2.24) is 5.32 Å². The van der Waals surface area contributed by atoms with Crippen LogP contribution in [0.3, 0.4) is 0 Å². The first-order chi connectivity index (χ1) is 13.0. The normalized spacial score (nSPS) is 10.2. The molecule has 0 spiro atoms. The minimum absolute atomic E-state index is 0.202. The maximum absolute atomic E-state index is 12.0. The first-order valence-electron chi connectivity index (χ1n) is 8.39. The van der Waals surface area contributed by atoms with Gasteiger partial charge in [0.05, 0.1) is 14.2 Å². The molecule has 2 rings (SSSR count). The summed E-state index contributed by atoms with van der Waals surface area (Å²) < 4.78 is 15.3. The van der Waals surface area contributed by atoms with Crippen LogP contribution in [0.2, 0.25) is 0 Å². The lowest BCUT2D eigenvalue weighted by atomic mass is 10.2. The molecule has 0 heterocycles. The Morgan fingerprint density at radius 3 is 2.48 bits per heavy atom. The molecule has 2 aromatic carbocycles. The molecule has 0 unspecified atom stereocenters. The number of carbonyl (C=O) groups is 2.